The molecule has 0 bridgehead atoms. The number of benzene rings is 4. The standard InChI is InChI=1S/C33H24N4/c1-2-9-23(10-3-1)32(29-14-6-7-18-34-29)24-16-17-28-27-13-4-5-15-30(27)37(31(28)22-24)26-12-8-11-25(21-26)33-35-19-20-36-33/h1-22,32H,(H,35,36). The second-order valence-corrected chi connectivity index (χ2v) is 9.22. The smallest absolute Gasteiger partial charge is 0.137 e. The topological polar surface area (TPSA) is 46.5 Å². The van der Waals surface area contributed by atoms with E-state index in [9.17, 15) is 0 Å². The molecule has 1 unspecified atom stereocenters. The lowest BCUT2D eigenvalue weighted by atomic mass is 9.87. The van der Waals surface area contributed by atoms with Crippen LogP contribution in [0.5, 0.6) is 0 Å². The molecule has 0 aliphatic carbocycles. The predicted molar refractivity (Wildman–Crippen MR) is 150 cm³/mol. The Balaban J connectivity index is 1.48. The molecular formula is C33H24N4. The highest BCUT2D eigenvalue weighted by molar-refractivity contribution is 6.09. The summed E-state index contributed by atoms with van der Waals surface area (Å²) >= 11 is 0. The van der Waals surface area contributed by atoms with Crippen molar-refractivity contribution in [1.29, 1.82) is 0 Å². The summed E-state index contributed by atoms with van der Waals surface area (Å²) in [7, 11) is 0. The summed E-state index contributed by atoms with van der Waals surface area (Å²) in [6, 6.07) is 40.8. The number of aromatic amines is 1. The number of fused-ring (bicyclic) bond motifs is 3. The van der Waals surface area contributed by atoms with Crippen molar-refractivity contribution in [2.75, 3.05) is 0 Å². The third kappa shape index (κ3) is 3.71. The summed E-state index contributed by atoms with van der Waals surface area (Å²) in [6.07, 6.45) is 5.52. The molecule has 0 fully saturated rings. The number of hydrogen-bond acceptors (Lipinski definition) is 2. The molecule has 0 saturated carbocycles. The fraction of sp³-hybridized carbons (Fsp3) is 0.0303. The van der Waals surface area contributed by atoms with Crippen LogP contribution in [0.1, 0.15) is 22.7 Å². The number of nitrogens with one attached hydrogen (secondary N) is 1. The van der Waals surface area contributed by atoms with E-state index < -0.39 is 0 Å². The number of H-pyrrole nitrogens is 1. The monoisotopic (exact) mass is 476 g/mol. The van der Waals surface area contributed by atoms with Crippen LogP contribution in [-0.2, 0) is 0 Å². The lowest BCUT2D eigenvalue weighted by Crippen LogP contribution is -2.05. The minimum atomic E-state index is 0.0349. The van der Waals surface area contributed by atoms with Crippen LogP contribution in [0.4, 0.5) is 0 Å². The van der Waals surface area contributed by atoms with Gasteiger partial charge in [0.1, 0.15) is 5.82 Å². The average Bonchev–Trinajstić information content (AvgIpc) is 3.61. The zero-order valence-corrected chi connectivity index (χ0v) is 20.1. The van der Waals surface area contributed by atoms with E-state index in [-0.39, 0.29) is 5.92 Å². The molecule has 0 amide bonds. The Kier molecular flexibility index (Phi) is 5.14. The summed E-state index contributed by atoms with van der Waals surface area (Å²) in [6.45, 7) is 0. The highest BCUT2D eigenvalue weighted by Crippen LogP contribution is 2.37. The molecule has 1 atom stereocenters. The maximum absolute atomic E-state index is 4.76. The van der Waals surface area contributed by atoms with Crippen molar-refractivity contribution >= 4 is 21.8 Å². The van der Waals surface area contributed by atoms with E-state index in [2.05, 4.69) is 124 Å². The van der Waals surface area contributed by atoms with Gasteiger partial charge in [-0.25, -0.2) is 4.98 Å². The summed E-state index contributed by atoms with van der Waals surface area (Å²) in [5.74, 6) is 0.898. The van der Waals surface area contributed by atoms with Crippen LogP contribution in [0.15, 0.2) is 134 Å². The van der Waals surface area contributed by atoms with Crippen molar-refractivity contribution in [3.63, 3.8) is 0 Å². The zero-order valence-electron chi connectivity index (χ0n) is 20.1. The lowest BCUT2D eigenvalue weighted by Gasteiger charge is -2.18. The lowest BCUT2D eigenvalue weighted by molar-refractivity contribution is 0.919. The van der Waals surface area contributed by atoms with Gasteiger partial charge in [0, 0.05) is 40.6 Å². The summed E-state index contributed by atoms with van der Waals surface area (Å²) in [5, 5.41) is 2.47. The first-order valence-corrected chi connectivity index (χ1v) is 12.5. The molecule has 3 aromatic heterocycles. The Morgan fingerprint density at radius 3 is 2.27 bits per heavy atom. The van der Waals surface area contributed by atoms with Gasteiger partial charge in [0.2, 0.25) is 0 Å². The molecule has 4 aromatic carbocycles. The van der Waals surface area contributed by atoms with Gasteiger partial charge in [0.15, 0.2) is 0 Å². The normalized spacial score (nSPS) is 12.2. The molecule has 1 N–H and O–H groups in total. The third-order valence-corrected chi connectivity index (χ3v) is 7.02. The number of pyridine rings is 1. The minimum Gasteiger partial charge on any atom is -0.345 e. The second-order valence-electron chi connectivity index (χ2n) is 9.22. The van der Waals surface area contributed by atoms with Crippen molar-refractivity contribution in [3.05, 3.63) is 151 Å². The summed E-state index contributed by atoms with van der Waals surface area (Å²) in [4.78, 5) is 12.5. The molecule has 7 rings (SSSR count). The molecular weight excluding hydrogens is 452 g/mol. The fourth-order valence-electron chi connectivity index (χ4n) is 5.39. The average molecular weight is 477 g/mol. The van der Waals surface area contributed by atoms with Crippen LogP contribution in [0, 0.1) is 0 Å². The van der Waals surface area contributed by atoms with Gasteiger partial charge >= 0.3 is 0 Å². The van der Waals surface area contributed by atoms with Gasteiger partial charge < -0.3 is 9.55 Å². The molecule has 0 radical (unpaired) electrons. The van der Waals surface area contributed by atoms with Crippen molar-refractivity contribution in [1.82, 2.24) is 19.5 Å². The molecule has 4 nitrogen and oxygen atoms in total. The Hall–Kier alpha value is -4.96. The van der Waals surface area contributed by atoms with Crippen molar-refractivity contribution in [2.24, 2.45) is 0 Å². The van der Waals surface area contributed by atoms with E-state index >= 15 is 0 Å². The highest BCUT2D eigenvalue weighted by Gasteiger charge is 2.20. The van der Waals surface area contributed by atoms with Gasteiger partial charge in [-0.2, -0.15) is 0 Å². The SMILES string of the molecule is c1ccc(C(c2ccc3c4ccccc4n(-c4cccc(-c5ncc[nH]5)c4)c3c2)c2ccccn2)cc1. The molecule has 0 spiro atoms. The molecule has 176 valence electrons. The highest BCUT2D eigenvalue weighted by atomic mass is 15.0. The Morgan fingerprint density at radius 1 is 0.595 bits per heavy atom. The van der Waals surface area contributed by atoms with Gasteiger partial charge in [-0.15, -0.1) is 0 Å². The number of para-hydroxylation sites is 1. The molecule has 0 saturated heterocycles. The van der Waals surface area contributed by atoms with Gasteiger partial charge in [0.25, 0.3) is 0 Å². The summed E-state index contributed by atoms with van der Waals surface area (Å²) in [5.41, 5.74) is 7.99. The van der Waals surface area contributed by atoms with E-state index in [0.717, 1.165) is 22.8 Å². The van der Waals surface area contributed by atoms with Crippen molar-refractivity contribution in [3.8, 4) is 17.1 Å². The van der Waals surface area contributed by atoms with Crippen LogP contribution in [0.25, 0.3) is 38.9 Å². The first kappa shape index (κ1) is 21.3. The predicted octanol–water partition coefficient (Wildman–Crippen LogP) is 7.75. The van der Waals surface area contributed by atoms with E-state index in [1.807, 2.05) is 18.5 Å². The Labute approximate surface area is 214 Å². The molecule has 7 aromatic rings. The first-order chi connectivity index (χ1) is 18.4. The second kappa shape index (κ2) is 8.92. The van der Waals surface area contributed by atoms with Gasteiger partial charge in [-0.05, 0) is 47.5 Å². The van der Waals surface area contributed by atoms with Crippen LogP contribution in [-0.4, -0.2) is 19.5 Å². The van der Waals surface area contributed by atoms with Gasteiger partial charge in [0.05, 0.1) is 22.6 Å². The van der Waals surface area contributed by atoms with Crippen LogP contribution in [0.3, 0.4) is 0 Å². The largest absolute Gasteiger partial charge is 0.345 e. The maximum Gasteiger partial charge on any atom is 0.137 e. The van der Waals surface area contributed by atoms with Gasteiger partial charge in [-0.1, -0.05) is 78.9 Å². The molecule has 3 heterocycles. The first-order valence-electron chi connectivity index (χ1n) is 12.5. The van der Waals surface area contributed by atoms with E-state index in [0.29, 0.717) is 0 Å². The number of hydrogen-bond donors (Lipinski definition) is 1. The summed E-state index contributed by atoms with van der Waals surface area (Å²) < 4.78 is 2.36. The third-order valence-electron chi connectivity index (χ3n) is 7.02. The van der Waals surface area contributed by atoms with Gasteiger partial charge in [-0.3, -0.25) is 4.98 Å². The van der Waals surface area contributed by atoms with Crippen molar-refractivity contribution in [2.45, 2.75) is 5.92 Å². The van der Waals surface area contributed by atoms with E-state index in [1.54, 1.807) is 6.20 Å². The van der Waals surface area contributed by atoms with E-state index in [1.165, 1.54) is 32.9 Å². The number of imidazole rings is 1. The number of nitrogens with zero attached hydrogens (tertiary/aromatic N) is 3. The minimum absolute atomic E-state index is 0.0349. The quantitative estimate of drug-likeness (QED) is 0.276. The molecule has 0 aliphatic rings. The molecule has 4 heteroatoms. The maximum atomic E-state index is 4.76. The van der Waals surface area contributed by atoms with Crippen LogP contribution < -0.4 is 0 Å². The zero-order chi connectivity index (χ0) is 24.6. The Bertz CT molecular complexity index is 1780. The van der Waals surface area contributed by atoms with Crippen LogP contribution in [0.2, 0.25) is 0 Å². The van der Waals surface area contributed by atoms with Crippen molar-refractivity contribution < 1.29 is 0 Å². The molecule has 37 heavy (non-hydrogen) atoms. The number of aromatic nitrogens is 4. The van der Waals surface area contributed by atoms with E-state index in [4.69, 9.17) is 4.98 Å². The fourth-order valence-corrected chi connectivity index (χ4v) is 5.39. The van der Waals surface area contributed by atoms with Crippen LogP contribution >= 0.6 is 0 Å². The number of rotatable bonds is 5. The molecule has 0 aliphatic heterocycles. The Morgan fingerprint density at radius 2 is 1.43 bits per heavy atom.